The lowest BCUT2D eigenvalue weighted by atomic mass is 10.2. The van der Waals surface area contributed by atoms with E-state index in [9.17, 15) is 4.79 Å². The van der Waals surface area contributed by atoms with Crippen molar-refractivity contribution in [2.75, 3.05) is 0 Å². The van der Waals surface area contributed by atoms with Gasteiger partial charge in [0.15, 0.2) is 5.69 Å². The van der Waals surface area contributed by atoms with Gasteiger partial charge in [0.25, 0.3) is 0 Å². The zero-order chi connectivity index (χ0) is 14.1. The van der Waals surface area contributed by atoms with Crippen LogP contribution < -0.4 is 0 Å². The highest BCUT2D eigenvalue weighted by molar-refractivity contribution is 7.12. The van der Waals surface area contributed by atoms with E-state index in [1.165, 1.54) is 11.3 Å². The van der Waals surface area contributed by atoms with Gasteiger partial charge in [0.1, 0.15) is 5.01 Å². The van der Waals surface area contributed by atoms with Crippen LogP contribution in [0.3, 0.4) is 0 Å². The van der Waals surface area contributed by atoms with Crippen molar-refractivity contribution in [1.82, 2.24) is 14.6 Å². The lowest BCUT2D eigenvalue weighted by Gasteiger charge is -1.91. The van der Waals surface area contributed by atoms with Gasteiger partial charge in [0, 0.05) is 16.6 Å². The number of aromatic nitrogens is 3. The minimum Gasteiger partial charge on any atom is -0.476 e. The third-order valence-corrected chi connectivity index (χ3v) is 3.81. The molecule has 3 heterocycles. The van der Waals surface area contributed by atoms with Crippen LogP contribution in [0.15, 0.2) is 30.6 Å². The van der Waals surface area contributed by atoms with Crippen LogP contribution in [0, 0.1) is 6.92 Å². The van der Waals surface area contributed by atoms with E-state index in [2.05, 4.69) is 10.1 Å². The molecule has 3 aromatic heterocycles. The molecule has 0 atom stereocenters. The fourth-order valence-corrected chi connectivity index (χ4v) is 2.75. The number of hydrogen-bond donors (Lipinski definition) is 1. The lowest BCUT2D eigenvalue weighted by Crippen LogP contribution is -1.98. The monoisotopic (exact) mass is 285 g/mol. The van der Waals surface area contributed by atoms with Crippen molar-refractivity contribution in [3.63, 3.8) is 0 Å². The van der Waals surface area contributed by atoms with Gasteiger partial charge in [-0.15, -0.1) is 11.3 Å². The highest BCUT2D eigenvalue weighted by Gasteiger charge is 2.12. The summed E-state index contributed by atoms with van der Waals surface area (Å²) < 4.78 is 1.79. The second kappa shape index (κ2) is 4.90. The summed E-state index contributed by atoms with van der Waals surface area (Å²) >= 11 is 1.36. The summed E-state index contributed by atoms with van der Waals surface area (Å²) in [5, 5.41) is 13.9. The molecule has 3 rings (SSSR count). The number of fused-ring (bicyclic) bond motifs is 1. The third-order valence-electron chi connectivity index (χ3n) is 2.88. The molecule has 0 unspecified atom stereocenters. The third kappa shape index (κ3) is 2.21. The molecular weight excluding hydrogens is 274 g/mol. The smallest absolute Gasteiger partial charge is 0.355 e. The average molecular weight is 285 g/mol. The molecule has 0 bridgehead atoms. The molecule has 1 N–H and O–H groups in total. The van der Waals surface area contributed by atoms with Crippen LogP contribution in [0.25, 0.3) is 17.7 Å². The van der Waals surface area contributed by atoms with Gasteiger partial charge >= 0.3 is 5.97 Å². The molecule has 0 amide bonds. The van der Waals surface area contributed by atoms with Crippen LogP contribution in [-0.2, 0) is 0 Å². The summed E-state index contributed by atoms with van der Waals surface area (Å²) in [6.07, 6.45) is 7.35. The average Bonchev–Trinajstić information content (AvgIpc) is 3.00. The van der Waals surface area contributed by atoms with E-state index < -0.39 is 5.97 Å². The minimum atomic E-state index is -0.991. The van der Waals surface area contributed by atoms with E-state index in [4.69, 9.17) is 5.11 Å². The molecular formula is C14H11N3O2S. The maximum atomic E-state index is 10.9. The number of carbonyl (C=O) groups is 1. The number of thiazole rings is 1. The number of carboxylic acids is 1. The molecule has 0 fully saturated rings. The predicted molar refractivity (Wildman–Crippen MR) is 77.9 cm³/mol. The van der Waals surface area contributed by atoms with Crippen LogP contribution >= 0.6 is 11.3 Å². The first-order valence-corrected chi connectivity index (χ1v) is 6.78. The first-order chi connectivity index (χ1) is 9.65. The number of nitrogens with zero attached hydrogens (tertiary/aromatic N) is 3. The second-order valence-electron chi connectivity index (χ2n) is 4.23. The Morgan fingerprint density at radius 2 is 2.25 bits per heavy atom. The van der Waals surface area contributed by atoms with Gasteiger partial charge in [-0.05, 0) is 31.2 Å². The van der Waals surface area contributed by atoms with Crippen molar-refractivity contribution in [2.45, 2.75) is 6.92 Å². The molecule has 3 aromatic rings. The Labute approximate surface area is 118 Å². The van der Waals surface area contributed by atoms with Crippen LogP contribution in [0.5, 0.6) is 0 Å². The van der Waals surface area contributed by atoms with E-state index in [0.717, 1.165) is 11.1 Å². The standard InChI is InChI=1S/C14H11N3O2S/c1-9-13(14(18)19)16-12(20-9)6-5-10-8-15-17-7-3-2-4-11(10)17/h2-8H,1H3,(H,18,19). The van der Waals surface area contributed by atoms with Crippen molar-refractivity contribution in [1.29, 1.82) is 0 Å². The summed E-state index contributed by atoms with van der Waals surface area (Å²) in [5.41, 5.74) is 2.08. The molecule has 0 aliphatic carbocycles. The Morgan fingerprint density at radius 3 is 3.00 bits per heavy atom. The Balaban J connectivity index is 1.94. The summed E-state index contributed by atoms with van der Waals surface area (Å²) in [7, 11) is 0. The van der Waals surface area contributed by atoms with E-state index in [-0.39, 0.29) is 5.69 Å². The van der Waals surface area contributed by atoms with Gasteiger partial charge in [0.2, 0.25) is 0 Å². The van der Waals surface area contributed by atoms with Crippen LogP contribution in [0.1, 0.15) is 25.9 Å². The topological polar surface area (TPSA) is 67.5 Å². The summed E-state index contributed by atoms with van der Waals surface area (Å²) in [5.74, 6) is -0.991. The molecule has 0 spiro atoms. The van der Waals surface area contributed by atoms with E-state index in [0.29, 0.717) is 9.88 Å². The maximum Gasteiger partial charge on any atom is 0.355 e. The Bertz CT molecular complexity index is 817. The fourth-order valence-electron chi connectivity index (χ4n) is 1.93. The molecule has 0 aromatic carbocycles. The molecule has 0 radical (unpaired) electrons. The Morgan fingerprint density at radius 1 is 1.40 bits per heavy atom. The highest BCUT2D eigenvalue weighted by atomic mass is 32.1. The minimum absolute atomic E-state index is 0.120. The maximum absolute atomic E-state index is 10.9. The summed E-state index contributed by atoms with van der Waals surface area (Å²) in [4.78, 5) is 15.7. The summed E-state index contributed by atoms with van der Waals surface area (Å²) in [6.45, 7) is 1.76. The van der Waals surface area contributed by atoms with Crippen molar-refractivity contribution in [3.8, 4) is 0 Å². The lowest BCUT2D eigenvalue weighted by molar-refractivity contribution is 0.0690. The van der Waals surface area contributed by atoms with Gasteiger partial charge in [-0.2, -0.15) is 5.10 Å². The molecule has 6 heteroatoms. The SMILES string of the molecule is Cc1sc(C=Cc2cnn3ccccc23)nc1C(=O)O. The van der Waals surface area contributed by atoms with Crippen molar-refractivity contribution >= 4 is 35.0 Å². The van der Waals surface area contributed by atoms with Gasteiger partial charge in [0.05, 0.1) is 11.7 Å². The predicted octanol–water partition coefficient (Wildman–Crippen LogP) is 2.97. The van der Waals surface area contributed by atoms with Gasteiger partial charge < -0.3 is 5.11 Å². The Hall–Kier alpha value is -2.47. The molecule has 0 saturated heterocycles. The largest absolute Gasteiger partial charge is 0.476 e. The quantitative estimate of drug-likeness (QED) is 0.803. The molecule has 20 heavy (non-hydrogen) atoms. The first kappa shape index (κ1) is 12.6. The van der Waals surface area contributed by atoms with Gasteiger partial charge in [-0.1, -0.05) is 6.07 Å². The highest BCUT2D eigenvalue weighted by Crippen LogP contribution is 2.20. The van der Waals surface area contributed by atoms with E-state index >= 15 is 0 Å². The molecule has 0 saturated carbocycles. The number of pyridine rings is 1. The van der Waals surface area contributed by atoms with Gasteiger partial charge in [-0.25, -0.2) is 14.3 Å². The number of aryl methyl sites for hydroxylation is 1. The molecule has 5 nitrogen and oxygen atoms in total. The number of carboxylic acid groups (broad SMARTS) is 1. The van der Waals surface area contributed by atoms with Crippen molar-refractivity contribution in [2.24, 2.45) is 0 Å². The van der Waals surface area contributed by atoms with Crippen LogP contribution in [0.4, 0.5) is 0 Å². The fraction of sp³-hybridized carbons (Fsp3) is 0.0714. The molecule has 0 aliphatic heterocycles. The van der Waals surface area contributed by atoms with E-state index in [1.807, 2.05) is 36.5 Å². The van der Waals surface area contributed by atoms with Crippen molar-refractivity contribution < 1.29 is 9.90 Å². The molecule has 100 valence electrons. The van der Waals surface area contributed by atoms with E-state index in [1.54, 1.807) is 17.6 Å². The zero-order valence-corrected chi connectivity index (χ0v) is 11.5. The van der Waals surface area contributed by atoms with Crippen LogP contribution in [-0.4, -0.2) is 25.7 Å². The normalized spacial score (nSPS) is 11.4. The zero-order valence-electron chi connectivity index (χ0n) is 10.6. The van der Waals surface area contributed by atoms with Crippen molar-refractivity contribution in [3.05, 3.63) is 51.7 Å². The number of hydrogen-bond acceptors (Lipinski definition) is 4. The Kier molecular flexibility index (Phi) is 3.08. The second-order valence-corrected chi connectivity index (χ2v) is 5.46. The van der Waals surface area contributed by atoms with Gasteiger partial charge in [-0.3, -0.25) is 0 Å². The summed E-state index contributed by atoms with van der Waals surface area (Å²) in [6, 6.07) is 5.84. The number of rotatable bonds is 3. The van der Waals surface area contributed by atoms with Crippen LogP contribution in [0.2, 0.25) is 0 Å². The number of aromatic carboxylic acids is 1. The first-order valence-electron chi connectivity index (χ1n) is 5.96. The molecule has 0 aliphatic rings.